The van der Waals surface area contributed by atoms with Gasteiger partial charge in [-0.2, -0.15) is 0 Å². The van der Waals surface area contributed by atoms with E-state index in [9.17, 15) is 14.0 Å². The number of aromatic amines is 1. The zero-order valence-electron chi connectivity index (χ0n) is 16.7. The van der Waals surface area contributed by atoms with Crippen LogP contribution in [0.4, 0.5) is 10.1 Å². The molecule has 0 fully saturated rings. The number of fused-ring (bicyclic) bond motifs is 1. The first kappa shape index (κ1) is 20.9. The largest absolute Gasteiger partial charge is 0.486 e. The molecule has 7 nitrogen and oxygen atoms in total. The van der Waals surface area contributed by atoms with E-state index < -0.39 is 0 Å². The monoisotopic (exact) mass is 441 g/mol. The van der Waals surface area contributed by atoms with Gasteiger partial charge in [-0.3, -0.25) is 9.59 Å². The molecule has 0 radical (unpaired) electrons. The van der Waals surface area contributed by atoms with Gasteiger partial charge < -0.3 is 19.8 Å². The smallest absolute Gasteiger partial charge is 0.255 e. The number of aromatic nitrogens is 2. The van der Waals surface area contributed by atoms with Gasteiger partial charge in [0.1, 0.15) is 19.0 Å². The molecule has 0 bridgehead atoms. The Balaban J connectivity index is 1.42. The van der Waals surface area contributed by atoms with Crippen molar-refractivity contribution in [2.75, 3.05) is 18.5 Å². The molecule has 2 aromatic carbocycles. The van der Waals surface area contributed by atoms with Gasteiger partial charge in [0.2, 0.25) is 5.91 Å². The number of carbonyl (C=O) groups is 1. The highest BCUT2D eigenvalue weighted by Crippen LogP contribution is 2.32. The average molecular weight is 441 g/mol. The maximum Gasteiger partial charge on any atom is 0.255 e. The summed E-state index contributed by atoms with van der Waals surface area (Å²) in [5, 5.41) is 3.14. The van der Waals surface area contributed by atoms with Crippen LogP contribution in [-0.4, -0.2) is 29.1 Å². The Morgan fingerprint density at radius 3 is 2.74 bits per heavy atom. The van der Waals surface area contributed by atoms with E-state index in [1.807, 2.05) is 0 Å². The minimum atomic E-state index is -0.388. The molecule has 0 atom stereocenters. The zero-order chi connectivity index (χ0) is 21.8. The first-order chi connectivity index (χ1) is 15.0. The molecule has 3 aromatic rings. The quantitative estimate of drug-likeness (QED) is 0.450. The van der Waals surface area contributed by atoms with Crippen LogP contribution in [0.1, 0.15) is 16.8 Å². The molecule has 9 heteroatoms. The molecule has 0 spiro atoms. The number of H-pyrrole nitrogens is 1. The van der Waals surface area contributed by atoms with Crippen LogP contribution in [0.5, 0.6) is 11.5 Å². The number of halogens is 1. The average Bonchev–Trinajstić information content (AvgIpc) is 2.75. The topological polar surface area (TPSA) is 93.3 Å². The highest BCUT2D eigenvalue weighted by Gasteiger charge is 2.16. The Morgan fingerprint density at radius 2 is 1.97 bits per heavy atom. The summed E-state index contributed by atoms with van der Waals surface area (Å²) in [5.41, 5.74) is 1.42. The van der Waals surface area contributed by atoms with Crippen LogP contribution in [0, 0.1) is 12.7 Å². The number of aryl methyl sites for hydroxylation is 1. The zero-order valence-corrected chi connectivity index (χ0v) is 17.6. The molecule has 0 saturated carbocycles. The first-order valence-electron chi connectivity index (χ1n) is 9.65. The predicted molar refractivity (Wildman–Crippen MR) is 115 cm³/mol. The van der Waals surface area contributed by atoms with Gasteiger partial charge in [0.05, 0.1) is 6.42 Å². The second kappa shape index (κ2) is 9.22. The van der Waals surface area contributed by atoms with Gasteiger partial charge in [-0.25, -0.2) is 9.37 Å². The van der Waals surface area contributed by atoms with E-state index in [1.165, 1.54) is 17.8 Å². The molecule has 2 N–H and O–H groups in total. The summed E-state index contributed by atoms with van der Waals surface area (Å²) in [6.45, 7) is 2.61. The number of benzene rings is 2. The van der Waals surface area contributed by atoms with Crippen LogP contribution < -0.4 is 20.3 Å². The molecular weight excluding hydrogens is 421 g/mol. The molecule has 0 aliphatic carbocycles. The predicted octanol–water partition coefficient (Wildman–Crippen LogP) is 3.46. The van der Waals surface area contributed by atoms with Crippen molar-refractivity contribution in [2.45, 2.75) is 24.3 Å². The summed E-state index contributed by atoms with van der Waals surface area (Å²) in [6.07, 6.45) is -0.124. The molecule has 1 aliphatic rings. The van der Waals surface area contributed by atoms with E-state index >= 15 is 0 Å². The number of nitrogens with one attached hydrogen (secondary N) is 2. The lowest BCUT2D eigenvalue weighted by atomic mass is 10.1. The second-order valence-corrected chi connectivity index (χ2v) is 7.86. The molecule has 1 amide bonds. The van der Waals surface area contributed by atoms with Crippen LogP contribution in [0.15, 0.2) is 52.4 Å². The van der Waals surface area contributed by atoms with Gasteiger partial charge in [0.25, 0.3) is 5.56 Å². The third-order valence-corrected chi connectivity index (χ3v) is 5.61. The van der Waals surface area contributed by atoms with Gasteiger partial charge in [0.15, 0.2) is 16.7 Å². The maximum atomic E-state index is 13.8. The number of rotatable bonds is 6. The summed E-state index contributed by atoms with van der Waals surface area (Å²) >= 11 is 1.23. The molecule has 1 aromatic heterocycles. The van der Waals surface area contributed by atoms with E-state index in [0.29, 0.717) is 52.6 Å². The lowest BCUT2D eigenvalue weighted by Crippen LogP contribution is -2.24. The highest BCUT2D eigenvalue weighted by molar-refractivity contribution is 7.98. The van der Waals surface area contributed by atoms with Crippen molar-refractivity contribution in [1.82, 2.24) is 9.97 Å². The second-order valence-electron chi connectivity index (χ2n) is 6.90. The Labute approximate surface area is 182 Å². The molecule has 31 heavy (non-hydrogen) atoms. The Kier molecular flexibility index (Phi) is 6.22. The number of nitrogens with zero attached hydrogens (tertiary/aromatic N) is 1. The number of thioether (sulfide) groups is 1. The summed E-state index contributed by atoms with van der Waals surface area (Å²) < 4.78 is 24.7. The molecule has 0 unspecified atom stereocenters. The number of anilines is 1. The van der Waals surface area contributed by atoms with Crippen LogP contribution in [0.3, 0.4) is 0 Å². The third kappa shape index (κ3) is 5.05. The fourth-order valence-corrected chi connectivity index (χ4v) is 4.00. The number of ether oxygens (including phenoxy) is 2. The lowest BCUT2D eigenvalue weighted by Gasteiger charge is -2.19. The number of hydrogen-bond donors (Lipinski definition) is 2. The number of carbonyl (C=O) groups excluding carboxylic acids is 1. The third-order valence-electron chi connectivity index (χ3n) is 4.69. The lowest BCUT2D eigenvalue weighted by molar-refractivity contribution is -0.115. The SMILES string of the molecule is Cc1nc(SCc2ccccc2F)[nH]c(=O)c1CC(=O)Nc1ccc2c(c1)OCCO2. The molecule has 4 rings (SSSR count). The molecule has 0 saturated heterocycles. The van der Waals surface area contributed by atoms with Gasteiger partial charge >= 0.3 is 0 Å². The van der Waals surface area contributed by atoms with Crippen molar-refractivity contribution >= 4 is 23.4 Å². The Hall–Kier alpha value is -3.33. The van der Waals surface area contributed by atoms with Crippen LogP contribution in [0.25, 0.3) is 0 Å². The van der Waals surface area contributed by atoms with Crippen LogP contribution >= 0.6 is 11.8 Å². The summed E-state index contributed by atoms with van der Waals surface area (Å²) in [7, 11) is 0. The van der Waals surface area contributed by atoms with Crippen molar-refractivity contribution in [3.8, 4) is 11.5 Å². The Bertz CT molecular complexity index is 1180. The molecule has 2 heterocycles. The fraction of sp³-hybridized carbons (Fsp3) is 0.227. The van der Waals surface area contributed by atoms with Gasteiger partial charge in [0, 0.05) is 28.8 Å². The van der Waals surface area contributed by atoms with E-state index in [0.717, 1.165) is 0 Å². The van der Waals surface area contributed by atoms with Gasteiger partial charge in [-0.1, -0.05) is 30.0 Å². The normalized spacial score (nSPS) is 12.5. The van der Waals surface area contributed by atoms with Crippen molar-refractivity contribution < 1.29 is 18.7 Å². The number of amides is 1. The summed E-state index contributed by atoms with van der Waals surface area (Å²) in [4.78, 5) is 32.0. The Morgan fingerprint density at radius 1 is 1.19 bits per heavy atom. The molecular formula is C22H20FN3O4S. The summed E-state index contributed by atoms with van der Waals surface area (Å²) in [5.74, 6) is 0.874. The van der Waals surface area contributed by atoms with E-state index in [-0.39, 0.29) is 29.3 Å². The summed E-state index contributed by atoms with van der Waals surface area (Å²) in [6, 6.07) is 11.6. The molecule has 160 valence electrons. The van der Waals surface area contributed by atoms with E-state index in [1.54, 1.807) is 43.3 Å². The standard InChI is InChI=1S/C22H20FN3O4S/c1-13-16(11-20(27)25-15-6-7-18-19(10-15)30-9-8-29-18)21(28)26-22(24-13)31-12-14-4-2-3-5-17(14)23/h2-7,10H,8-9,11-12H2,1H3,(H,25,27)(H,24,26,28). The minimum Gasteiger partial charge on any atom is -0.486 e. The molecule has 1 aliphatic heterocycles. The van der Waals surface area contributed by atoms with Crippen LogP contribution in [0.2, 0.25) is 0 Å². The number of hydrogen-bond acceptors (Lipinski definition) is 6. The van der Waals surface area contributed by atoms with Gasteiger partial charge in [-0.15, -0.1) is 0 Å². The van der Waals surface area contributed by atoms with Crippen molar-refractivity contribution in [2.24, 2.45) is 0 Å². The van der Waals surface area contributed by atoms with E-state index in [2.05, 4.69) is 15.3 Å². The van der Waals surface area contributed by atoms with Gasteiger partial charge in [-0.05, 0) is 30.7 Å². The minimum absolute atomic E-state index is 0.124. The van der Waals surface area contributed by atoms with Crippen molar-refractivity contribution in [3.63, 3.8) is 0 Å². The fourth-order valence-electron chi connectivity index (χ4n) is 3.11. The van der Waals surface area contributed by atoms with E-state index in [4.69, 9.17) is 9.47 Å². The first-order valence-corrected chi connectivity index (χ1v) is 10.6. The van der Waals surface area contributed by atoms with Crippen LogP contribution in [-0.2, 0) is 17.0 Å². The van der Waals surface area contributed by atoms with Crippen molar-refractivity contribution in [1.29, 1.82) is 0 Å². The highest BCUT2D eigenvalue weighted by atomic mass is 32.2. The maximum absolute atomic E-state index is 13.8. The van der Waals surface area contributed by atoms with Crippen molar-refractivity contribution in [3.05, 3.63) is 75.5 Å².